The van der Waals surface area contributed by atoms with Crippen LogP contribution in [0.4, 0.5) is 0 Å². The van der Waals surface area contributed by atoms with Gasteiger partial charge in [0.05, 0.1) is 5.69 Å². The van der Waals surface area contributed by atoms with Gasteiger partial charge in [-0.3, -0.25) is 4.79 Å². The van der Waals surface area contributed by atoms with Crippen molar-refractivity contribution in [2.45, 2.75) is 27.2 Å². The van der Waals surface area contributed by atoms with E-state index in [9.17, 15) is 4.79 Å². The van der Waals surface area contributed by atoms with Gasteiger partial charge in [0.2, 0.25) is 0 Å². The third kappa shape index (κ3) is 2.27. The molecule has 0 spiro atoms. The lowest BCUT2D eigenvalue weighted by atomic mass is 9.99. The highest BCUT2D eigenvalue weighted by atomic mass is 16.1. The quantitative estimate of drug-likeness (QED) is 0.641. The van der Waals surface area contributed by atoms with E-state index >= 15 is 0 Å². The Morgan fingerprint density at radius 2 is 1.86 bits per heavy atom. The molecule has 0 radical (unpaired) electrons. The molecule has 0 saturated carbocycles. The van der Waals surface area contributed by atoms with Gasteiger partial charge in [0, 0.05) is 17.3 Å². The normalized spacial score (nSPS) is 11.0. The van der Waals surface area contributed by atoms with Gasteiger partial charge in [0.1, 0.15) is 0 Å². The van der Waals surface area contributed by atoms with Gasteiger partial charge in [-0.05, 0) is 49.1 Å². The Hall–Kier alpha value is -2.35. The molecule has 0 N–H and O–H groups in total. The molecule has 0 aliphatic rings. The van der Waals surface area contributed by atoms with Crippen LogP contribution in [0.1, 0.15) is 34.1 Å². The van der Waals surface area contributed by atoms with E-state index in [4.69, 9.17) is 0 Å². The molecule has 0 unspecified atom stereocenters. The van der Waals surface area contributed by atoms with Gasteiger partial charge in [0.25, 0.3) is 0 Å². The molecule has 0 amide bonds. The Kier molecular flexibility index (Phi) is 3.38. The van der Waals surface area contributed by atoms with Gasteiger partial charge in [-0.1, -0.05) is 36.8 Å². The monoisotopic (exact) mass is 277 g/mol. The third-order valence-electron chi connectivity index (χ3n) is 4.07. The second kappa shape index (κ2) is 5.21. The Balaban J connectivity index is 2.32. The zero-order valence-corrected chi connectivity index (χ0v) is 12.7. The number of carbonyl (C=O) groups is 1. The number of rotatable bonds is 3. The first-order valence-corrected chi connectivity index (χ1v) is 7.31. The molecule has 3 aromatic rings. The van der Waals surface area contributed by atoms with Crippen LogP contribution in [-0.4, -0.2) is 10.7 Å². The highest BCUT2D eigenvalue weighted by molar-refractivity contribution is 5.90. The molecule has 2 heterocycles. The van der Waals surface area contributed by atoms with Crippen LogP contribution in [-0.2, 0) is 6.42 Å². The fraction of sp³-hybridized carbons (Fsp3) is 0.211. The molecule has 1 aromatic carbocycles. The number of benzene rings is 1. The number of aldehydes is 1. The fourth-order valence-electron chi connectivity index (χ4n) is 2.81. The highest BCUT2D eigenvalue weighted by Crippen LogP contribution is 2.30. The molecule has 2 heteroatoms. The molecule has 3 rings (SSSR count). The van der Waals surface area contributed by atoms with Crippen LogP contribution in [0.2, 0.25) is 0 Å². The number of aryl methyl sites for hydroxylation is 3. The molecule has 0 aliphatic carbocycles. The molecule has 0 atom stereocenters. The summed E-state index contributed by atoms with van der Waals surface area (Å²) >= 11 is 0. The van der Waals surface area contributed by atoms with Gasteiger partial charge in [-0.15, -0.1) is 0 Å². The molecule has 0 aliphatic heterocycles. The molecule has 2 nitrogen and oxygen atoms in total. The summed E-state index contributed by atoms with van der Waals surface area (Å²) in [5, 5.41) is 0. The van der Waals surface area contributed by atoms with Crippen molar-refractivity contribution < 1.29 is 4.79 Å². The first kappa shape index (κ1) is 13.6. The molecular weight excluding hydrogens is 258 g/mol. The van der Waals surface area contributed by atoms with Crippen molar-refractivity contribution in [1.29, 1.82) is 0 Å². The molecule has 0 saturated heterocycles. The lowest BCUT2D eigenvalue weighted by Gasteiger charge is -2.07. The van der Waals surface area contributed by atoms with E-state index in [2.05, 4.69) is 63.4 Å². The fourth-order valence-corrected chi connectivity index (χ4v) is 2.81. The van der Waals surface area contributed by atoms with Gasteiger partial charge >= 0.3 is 0 Å². The van der Waals surface area contributed by atoms with Crippen LogP contribution in [0.15, 0.2) is 42.6 Å². The Labute approximate surface area is 125 Å². The topological polar surface area (TPSA) is 21.5 Å². The maximum atomic E-state index is 11.7. The van der Waals surface area contributed by atoms with E-state index in [1.807, 2.05) is 4.40 Å². The Morgan fingerprint density at radius 3 is 2.57 bits per heavy atom. The van der Waals surface area contributed by atoms with Crippen molar-refractivity contribution in [3.63, 3.8) is 0 Å². The van der Waals surface area contributed by atoms with Gasteiger partial charge in [-0.2, -0.15) is 0 Å². The van der Waals surface area contributed by atoms with Crippen molar-refractivity contribution in [3.8, 4) is 11.1 Å². The molecular formula is C19H19NO. The van der Waals surface area contributed by atoms with Crippen molar-refractivity contribution in [1.82, 2.24) is 4.40 Å². The number of pyridine rings is 1. The van der Waals surface area contributed by atoms with E-state index < -0.39 is 0 Å². The standard InChI is InChI=1S/C19H19NO/c1-4-15-7-8-16-10-18(19(12-21)20(16)11-15)17-9-13(2)5-6-14(17)3/h5-12H,4H2,1-3H3. The third-order valence-corrected chi connectivity index (χ3v) is 4.07. The number of aromatic nitrogens is 1. The molecule has 106 valence electrons. The number of carbonyl (C=O) groups excluding carboxylic acids is 1. The van der Waals surface area contributed by atoms with Gasteiger partial charge in [-0.25, -0.2) is 0 Å². The molecule has 2 aromatic heterocycles. The Bertz CT molecular complexity index is 827. The molecule has 0 fully saturated rings. The summed E-state index contributed by atoms with van der Waals surface area (Å²) in [5.41, 5.74) is 7.57. The second-order valence-electron chi connectivity index (χ2n) is 5.57. The molecule has 0 bridgehead atoms. The molecule has 21 heavy (non-hydrogen) atoms. The number of hydrogen-bond donors (Lipinski definition) is 0. The van der Waals surface area contributed by atoms with Crippen LogP contribution >= 0.6 is 0 Å². The minimum Gasteiger partial charge on any atom is -0.313 e. The lowest BCUT2D eigenvalue weighted by Crippen LogP contribution is -1.95. The van der Waals surface area contributed by atoms with Crippen molar-refractivity contribution in [3.05, 3.63) is 65.0 Å². The zero-order valence-electron chi connectivity index (χ0n) is 12.7. The van der Waals surface area contributed by atoms with Gasteiger partial charge in [0.15, 0.2) is 6.29 Å². The van der Waals surface area contributed by atoms with Crippen LogP contribution in [0.3, 0.4) is 0 Å². The number of fused-ring (bicyclic) bond motifs is 1. The van der Waals surface area contributed by atoms with Crippen molar-refractivity contribution in [2.24, 2.45) is 0 Å². The summed E-state index contributed by atoms with van der Waals surface area (Å²) in [5.74, 6) is 0. The maximum absolute atomic E-state index is 11.7. The van der Waals surface area contributed by atoms with E-state index in [1.54, 1.807) is 0 Å². The zero-order chi connectivity index (χ0) is 15.0. The lowest BCUT2D eigenvalue weighted by molar-refractivity contribution is 0.111. The van der Waals surface area contributed by atoms with Gasteiger partial charge < -0.3 is 4.40 Å². The minimum absolute atomic E-state index is 0.731. The second-order valence-corrected chi connectivity index (χ2v) is 5.57. The SMILES string of the molecule is CCc1ccc2cc(-c3cc(C)ccc3C)c(C=O)n2c1. The average molecular weight is 277 g/mol. The number of hydrogen-bond acceptors (Lipinski definition) is 1. The van der Waals surface area contributed by atoms with E-state index in [1.165, 1.54) is 16.7 Å². The van der Waals surface area contributed by atoms with E-state index in [0.717, 1.165) is 35.0 Å². The summed E-state index contributed by atoms with van der Waals surface area (Å²) in [4.78, 5) is 11.7. The number of nitrogens with zero attached hydrogens (tertiary/aromatic N) is 1. The first-order valence-electron chi connectivity index (χ1n) is 7.31. The van der Waals surface area contributed by atoms with Crippen LogP contribution < -0.4 is 0 Å². The summed E-state index contributed by atoms with van der Waals surface area (Å²) in [6.07, 6.45) is 3.99. The highest BCUT2D eigenvalue weighted by Gasteiger charge is 2.13. The summed E-state index contributed by atoms with van der Waals surface area (Å²) < 4.78 is 2.00. The smallest absolute Gasteiger partial charge is 0.167 e. The predicted octanol–water partition coefficient (Wildman–Crippen LogP) is 4.60. The van der Waals surface area contributed by atoms with Crippen LogP contribution in [0.5, 0.6) is 0 Å². The van der Waals surface area contributed by atoms with Crippen LogP contribution in [0.25, 0.3) is 16.6 Å². The van der Waals surface area contributed by atoms with Crippen molar-refractivity contribution in [2.75, 3.05) is 0 Å². The van der Waals surface area contributed by atoms with Crippen LogP contribution in [0, 0.1) is 13.8 Å². The average Bonchev–Trinajstić information content (AvgIpc) is 2.86. The minimum atomic E-state index is 0.731. The first-order chi connectivity index (χ1) is 10.1. The summed E-state index contributed by atoms with van der Waals surface area (Å²) in [6, 6.07) is 12.7. The summed E-state index contributed by atoms with van der Waals surface area (Å²) in [7, 11) is 0. The van der Waals surface area contributed by atoms with Crippen molar-refractivity contribution >= 4 is 11.8 Å². The largest absolute Gasteiger partial charge is 0.313 e. The van der Waals surface area contributed by atoms with E-state index in [-0.39, 0.29) is 0 Å². The maximum Gasteiger partial charge on any atom is 0.167 e. The summed E-state index contributed by atoms with van der Waals surface area (Å²) in [6.45, 7) is 6.29. The van der Waals surface area contributed by atoms with E-state index in [0.29, 0.717) is 0 Å². The Morgan fingerprint density at radius 1 is 1.05 bits per heavy atom. The predicted molar refractivity (Wildman–Crippen MR) is 87.1 cm³/mol.